The van der Waals surface area contributed by atoms with E-state index in [1.54, 1.807) is 0 Å². The van der Waals surface area contributed by atoms with Gasteiger partial charge in [0, 0.05) is 26.7 Å². The molecule has 26 heavy (non-hydrogen) atoms. The van der Waals surface area contributed by atoms with E-state index in [4.69, 9.17) is 28.2 Å². The van der Waals surface area contributed by atoms with E-state index in [0.29, 0.717) is 5.92 Å². The summed E-state index contributed by atoms with van der Waals surface area (Å²) in [5.74, 6) is 0.634. The number of halogens is 2. The second kappa shape index (κ2) is 6.55. The van der Waals surface area contributed by atoms with Crippen LogP contribution in [0.2, 0.25) is 10.0 Å². The summed E-state index contributed by atoms with van der Waals surface area (Å²) in [4.78, 5) is 4.99. The largest absolute Gasteiger partial charge is 0.253 e. The summed E-state index contributed by atoms with van der Waals surface area (Å²) in [7, 11) is 0. The molecule has 0 saturated heterocycles. The molecule has 1 unspecified atom stereocenters. The Morgan fingerprint density at radius 2 is 1.81 bits per heavy atom. The molecule has 2 aromatic carbocycles. The molecule has 3 heteroatoms. The second-order valence-electron chi connectivity index (χ2n) is 8.36. The molecule has 134 valence electrons. The fraction of sp³-hybridized carbons (Fsp3) is 0.348. The average molecular weight is 384 g/mol. The lowest BCUT2D eigenvalue weighted by atomic mass is 9.70. The van der Waals surface area contributed by atoms with E-state index < -0.39 is 0 Å². The maximum atomic E-state index is 6.61. The lowest BCUT2D eigenvalue weighted by molar-refractivity contribution is 0.215. The number of hydrogen-bond donors (Lipinski definition) is 0. The lowest BCUT2D eigenvalue weighted by Crippen LogP contribution is -2.28. The van der Waals surface area contributed by atoms with Crippen molar-refractivity contribution >= 4 is 34.1 Å². The molecule has 0 saturated carbocycles. The molecule has 0 spiro atoms. The zero-order chi connectivity index (χ0) is 18.5. The fourth-order valence-corrected chi connectivity index (χ4v) is 4.52. The first-order chi connectivity index (χ1) is 12.3. The second-order valence-corrected chi connectivity index (χ2v) is 9.20. The third-order valence-corrected chi connectivity index (χ3v) is 6.25. The average Bonchev–Trinajstić information content (AvgIpc) is 2.59. The van der Waals surface area contributed by atoms with Crippen LogP contribution >= 0.6 is 23.2 Å². The van der Waals surface area contributed by atoms with Gasteiger partial charge in [0.25, 0.3) is 0 Å². The predicted molar refractivity (Wildman–Crippen MR) is 112 cm³/mol. The number of pyridine rings is 1. The molecule has 0 radical (unpaired) electrons. The van der Waals surface area contributed by atoms with Gasteiger partial charge in [-0.25, -0.2) is 0 Å². The predicted octanol–water partition coefficient (Wildman–Crippen LogP) is 7.36. The number of hydrogen-bond acceptors (Lipinski definition) is 1. The Hall–Kier alpha value is -1.57. The number of nitrogens with zero attached hydrogens (tertiary/aromatic N) is 1. The highest BCUT2D eigenvalue weighted by atomic mass is 35.5. The van der Waals surface area contributed by atoms with Crippen LogP contribution in [0.25, 0.3) is 22.0 Å². The number of fused-ring (bicyclic) bond motifs is 2. The minimum Gasteiger partial charge on any atom is -0.253 e. The summed E-state index contributed by atoms with van der Waals surface area (Å²) in [5.41, 5.74) is 6.13. The molecule has 0 fully saturated rings. The zero-order valence-electron chi connectivity index (χ0n) is 15.4. The Morgan fingerprint density at radius 3 is 2.54 bits per heavy atom. The van der Waals surface area contributed by atoms with Crippen molar-refractivity contribution in [3.8, 4) is 11.1 Å². The van der Waals surface area contributed by atoms with E-state index in [1.165, 1.54) is 23.2 Å². The molecule has 1 nitrogen and oxygen atoms in total. The molecule has 0 N–H and O–H groups in total. The third-order valence-electron chi connectivity index (χ3n) is 5.68. The van der Waals surface area contributed by atoms with E-state index in [9.17, 15) is 0 Å². The Balaban J connectivity index is 2.03. The van der Waals surface area contributed by atoms with Crippen molar-refractivity contribution < 1.29 is 0 Å². The van der Waals surface area contributed by atoms with E-state index >= 15 is 0 Å². The zero-order valence-corrected chi connectivity index (χ0v) is 17.0. The van der Waals surface area contributed by atoms with E-state index in [1.807, 2.05) is 30.3 Å². The van der Waals surface area contributed by atoms with Gasteiger partial charge in [-0.1, -0.05) is 62.2 Å². The highest BCUT2D eigenvalue weighted by molar-refractivity contribution is 6.34. The molecule has 4 rings (SSSR count). The van der Waals surface area contributed by atoms with Crippen LogP contribution in [0.15, 0.2) is 42.5 Å². The van der Waals surface area contributed by atoms with Crippen molar-refractivity contribution in [1.82, 2.24) is 4.98 Å². The van der Waals surface area contributed by atoms with Crippen LogP contribution < -0.4 is 0 Å². The normalized spacial score (nSPS) is 17.3. The minimum absolute atomic E-state index is 0.277. The van der Waals surface area contributed by atoms with Crippen molar-refractivity contribution in [2.45, 2.75) is 40.0 Å². The van der Waals surface area contributed by atoms with Crippen molar-refractivity contribution in [3.05, 3.63) is 63.8 Å². The Labute approximate surface area is 165 Å². The molecule has 3 aromatic rings. The summed E-state index contributed by atoms with van der Waals surface area (Å²) in [6, 6.07) is 14.1. The van der Waals surface area contributed by atoms with Gasteiger partial charge in [-0.2, -0.15) is 0 Å². The van der Waals surface area contributed by atoms with Gasteiger partial charge in [0.1, 0.15) is 0 Å². The van der Waals surface area contributed by atoms with Crippen molar-refractivity contribution in [2.75, 3.05) is 0 Å². The summed E-state index contributed by atoms with van der Waals surface area (Å²) < 4.78 is 0. The maximum absolute atomic E-state index is 6.61. The molecule has 1 aliphatic carbocycles. The third kappa shape index (κ3) is 3.12. The number of rotatable bonds is 1. The summed E-state index contributed by atoms with van der Waals surface area (Å²) >= 11 is 13.0. The van der Waals surface area contributed by atoms with Crippen LogP contribution in [0.4, 0.5) is 0 Å². The maximum Gasteiger partial charge on any atom is 0.0712 e. The van der Waals surface area contributed by atoms with E-state index in [0.717, 1.165) is 39.4 Å². The van der Waals surface area contributed by atoms with Crippen molar-refractivity contribution in [3.63, 3.8) is 0 Å². The summed E-state index contributed by atoms with van der Waals surface area (Å²) in [6.45, 7) is 7.01. The number of benzene rings is 2. The molecule has 1 aromatic heterocycles. The highest BCUT2D eigenvalue weighted by Gasteiger charge is 2.31. The molecule has 0 aliphatic heterocycles. The van der Waals surface area contributed by atoms with Gasteiger partial charge in [0.15, 0.2) is 0 Å². The van der Waals surface area contributed by atoms with Crippen molar-refractivity contribution in [1.29, 1.82) is 0 Å². The number of aryl methyl sites for hydroxylation is 1. The van der Waals surface area contributed by atoms with Gasteiger partial charge < -0.3 is 0 Å². The Kier molecular flexibility index (Phi) is 4.49. The summed E-state index contributed by atoms with van der Waals surface area (Å²) in [5, 5.41) is 2.61. The van der Waals surface area contributed by atoms with Crippen LogP contribution in [0.1, 0.15) is 38.4 Å². The fourth-order valence-electron chi connectivity index (χ4n) is 4.12. The van der Waals surface area contributed by atoms with Crippen LogP contribution in [0.5, 0.6) is 0 Å². The Bertz CT molecular complexity index is 985. The molecule has 0 bridgehead atoms. The Morgan fingerprint density at radius 1 is 1.04 bits per heavy atom. The monoisotopic (exact) mass is 383 g/mol. The van der Waals surface area contributed by atoms with Crippen LogP contribution in [-0.4, -0.2) is 4.98 Å². The van der Waals surface area contributed by atoms with Gasteiger partial charge in [-0.05, 0) is 66.0 Å². The van der Waals surface area contributed by atoms with E-state index in [-0.39, 0.29) is 5.41 Å². The molecule has 1 atom stereocenters. The van der Waals surface area contributed by atoms with Crippen LogP contribution in [-0.2, 0) is 12.8 Å². The molecular formula is C23H23Cl2N. The van der Waals surface area contributed by atoms with Gasteiger partial charge in [0.05, 0.1) is 5.52 Å². The minimum atomic E-state index is 0.277. The first-order valence-corrected chi connectivity index (χ1v) is 9.96. The first kappa shape index (κ1) is 17.8. The smallest absolute Gasteiger partial charge is 0.0712 e. The van der Waals surface area contributed by atoms with Crippen LogP contribution in [0.3, 0.4) is 0 Å². The highest BCUT2D eigenvalue weighted by Crippen LogP contribution is 2.44. The SMILES string of the molecule is CC(C)(C)C1CCc2nc3ccc(Cl)cc3c(-c3ccccc3Cl)c2C1. The molecular weight excluding hydrogens is 361 g/mol. The first-order valence-electron chi connectivity index (χ1n) is 9.20. The topological polar surface area (TPSA) is 12.9 Å². The summed E-state index contributed by atoms with van der Waals surface area (Å²) in [6.07, 6.45) is 3.24. The van der Waals surface area contributed by atoms with Crippen molar-refractivity contribution in [2.24, 2.45) is 11.3 Å². The number of aromatic nitrogens is 1. The lowest BCUT2D eigenvalue weighted by Gasteiger charge is -2.36. The van der Waals surface area contributed by atoms with Gasteiger partial charge >= 0.3 is 0 Å². The molecule has 1 heterocycles. The quantitative estimate of drug-likeness (QED) is 0.427. The standard InChI is InChI=1S/C23H23Cl2N/c1-23(2,3)14-8-10-20-17(12-14)22(16-6-4-5-7-19(16)25)18-13-15(24)9-11-21(18)26-20/h4-7,9,11,13-14H,8,10,12H2,1-3H3. The van der Waals surface area contributed by atoms with Gasteiger partial charge in [-0.3, -0.25) is 4.98 Å². The molecule has 1 aliphatic rings. The van der Waals surface area contributed by atoms with E-state index in [2.05, 4.69) is 32.9 Å². The van der Waals surface area contributed by atoms with Gasteiger partial charge in [-0.15, -0.1) is 0 Å². The van der Waals surface area contributed by atoms with Gasteiger partial charge in [0.2, 0.25) is 0 Å². The van der Waals surface area contributed by atoms with Crippen LogP contribution in [0, 0.1) is 11.3 Å². The molecule has 0 amide bonds.